The molecule has 1 rings (SSSR count). The molecule has 17 heavy (non-hydrogen) atoms. The van der Waals surface area contributed by atoms with E-state index in [1.165, 1.54) is 0 Å². The molecule has 0 aliphatic heterocycles. The molecular weight excluding hydrogens is 222 g/mol. The maximum atomic E-state index is 11.4. The van der Waals surface area contributed by atoms with Crippen LogP contribution >= 0.6 is 0 Å². The third-order valence-electron chi connectivity index (χ3n) is 1.89. The summed E-state index contributed by atoms with van der Waals surface area (Å²) in [5.41, 5.74) is 11.6. The van der Waals surface area contributed by atoms with Crippen molar-refractivity contribution in [2.75, 3.05) is 0 Å². The van der Waals surface area contributed by atoms with Crippen LogP contribution < -0.4 is 11.5 Å². The number of amides is 1. The van der Waals surface area contributed by atoms with Crippen LogP contribution in [-0.4, -0.2) is 17.7 Å². The van der Waals surface area contributed by atoms with Gasteiger partial charge in [-0.15, -0.1) is 0 Å². The van der Waals surface area contributed by atoms with Crippen molar-refractivity contribution < 1.29 is 14.4 Å². The first-order chi connectivity index (χ1) is 7.99. The van der Waals surface area contributed by atoms with Crippen LogP contribution in [0, 0.1) is 6.92 Å². The summed E-state index contributed by atoms with van der Waals surface area (Å²) >= 11 is 0. The maximum Gasteiger partial charge on any atom is 0.365 e. The number of nitrogens with two attached hydrogens (primary N) is 2. The zero-order chi connectivity index (χ0) is 12.8. The minimum absolute atomic E-state index is 0.141. The predicted molar refractivity (Wildman–Crippen MR) is 62.0 cm³/mol. The lowest BCUT2D eigenvalue weighted by molar-refractivity contribution is -0.116. The van der Waals surface area contributed by atoms with Crippen molar-refractivity contribution in [3.05, 3.63) is 35.4 Å². The lowest BCUT2D eigenvalue weighted by Gasteiger charge is -2.00. The zero-order valence-corrected chi connectivity index (χ0v) is 9.34. The summed E-state index contributed by atoms with van der Waals surface area (Å²) in [6.07, 6.45) is -0.249. The molecule has 0 fully saturated rings. The number of benzene rings is 1. The molecule has 90 valence electrons. The highest BCUT2D eigenvalue weighted by Gasteiger charge is 2.07. The Morgan fingerprint density at radius 2 is 1.82 bits per heavy atom. The third-order valence-corrected chi connectivity index (χ3v) is 1.89. The Morgan fingerprint density at radius 3 is 2.35 bits per heavy atom. The number of rotatable bonds is 4. The van der Waals surface area contributed by atoms with Gasteiger partial charge in [0, 0.05) is 0 Å². The number of primary amides is 1. The van der Waals surface area contributed by atoms with Gasteiger partial charge in [-0.05, 0) is 19.1 Å². The molecule has 0 saturated heterocycles. The first-order valence-electron chi connectivity index (χ1n) is 4.87. The summed E-state index contributed by atoms with van der Waals surface area (Å²) in [4.78, 5) is 26.5. The number of carbonyl (C=O) groups is 2. The van der Waals surface area contributed by atoms with E-state index in [9.17, 15) is 9.59 Å². The molecule has 1 amide bonds. The minimum atomic E-state index is -0.641. The molecule has 1 aromatic rings. The fraction of sp³-hybridized carbons (Fsp3) is 0.182. The Balaban J connectivity index is 2.61. The summed E-state index contributed by atoms with van der Waals surface area (Å²) in [6, 6.07) is 6.76. The van der Waals surface area contributed by atoms with Crippen LogP contribution in [0.5, 0.6) is 0 Å². The number of hydrogen-bond donors (Lipinski definition) is 2. The molecule has 0 radical (unpaired) electrons. The van der Waals surface area contributed by atoms with E-state index in [0.29, 0.717) is 5.56 Å². The molecule has 6 heteroatoms. The van der Waals surface area contributed by atoms with E-state index < -0.39 is 11.9 Å². The highest BCUT2D eigenvalue weighted by Crippen LogP contribution is 2.04. The van der Waals surface area contributed by atoms with E-state index >= 15 is 0 Å². The summed E-state index contributed by atoms with van der Waals surface area (Å²) in [7, 11) is 0. The molecule has 1 aromatic carbocycles. The predicted octanol–water partition coefficient (Wildman–Crippen LogP) is 0.299. The number of hydrogen-bond acceptors (Lipinski definition) is 4. The average Bonchev–Trinajstić information content (AvgIpc) is 2.26. The topological polar surface area (TPSA) is 108 Å². The monoisotopic (exact) mass is 235 g/mol. The fourth-order valence-corrected chi connectivity index (χ4v) is 1.05. The van der Waals surface area contributed by atoms with Gasteiger partial charge < -0.3 is 16.3 Å². The summed E-state index contributed by atoms with van der Waals surface area (Å²) < 4.78 is 0. The average molecular weight is 235 g/mol. The smallest absolute Gasteiger partial charge is 0.365 e. The van der Waals surface area contributed by atoms with Gasteiger partial charge >= 0.3 is 5.97 Å². The highest BCUT2D eigenvalue weighted by molar-refractivity contribution is 5.98. The molecule has 4 N–H and O–H groups in total. The largest absolute Gasteiger partial charge is 0.384 e. The Hall–Kier alpha value is -2.37. The Kier molecular flexibility index (Phi) is 4.21. The van der Waals surface area contributed by atoms with Crippen LogP contribution in [0.2, 0.25) is 0 Å². The molecule has 0 aliphatic carbocycles. The molecule has 0 atom stereocenters. The number of aryl methyl sites for hydroxylation is 1. The molecule has 0 saturated carbocycles. The summed E-state index contributed by atoms with van der Waals surface area (Å²) in [5, 5.41) is 3.31. The Morgan fingerprint density at radius 1 is 1.24 bits per heavy atom. The van der Waals surface area contributed by atoms with E-state index in [2.05, 4.69) is 9.99 Å². The maximum absolute atomic E-state index is 11.4. The van der Waals surface area contributed by atoms with Gasteiger partial charge in [0.15, 0.2) is 0 Å². The number of amidine groups is 1. The van der Waals surface area contributed by atoms with Crippen LogP contribution in [0.4, 0.5) is 0 Å². The van der Waals surface area contributed by atoms with Gasteiger partial charge in [0.25, 0.3) is 0 Å². The van der Waals surface area contributed by atoms with Crippen molar-refractivity contribution in [3.63, 3.8) is 0 Å². The van der Waals surface area contributed by atoms with Gasteiger partial charge in [0.2, 0.25) is 5.91 Å². The van der Waals surface area contributed by atoms with Gasteiger partial charge in [-0.3, -0.25) is 4.79 Å². The van der Waals surface area contributed by atoms with E-state index in [-0.39, 0.29) is 12.3 Å². The number of oxime groups is 1. The van der Waals surface area contributed by atoms with Crippen LogP contribution in [0.1, 0.15) is 22.3 Å². The summed E-state index contributed by atoms with van der Waals surface area (Å²) in [5.74, 6) is -1.42. The zero-order valence-electron chi connectivity index (χ0n) is 9.34. The van der Waals surface area contributed by atoms with Crippen molar-refractivity contribution >= 4 is 17.7 Å². The van der Waals surface area contributed by atoms with Gasteiger partial charge in [0.05, 0.1) is 12.0 Å². The van der Waals surface area contributed by atoms with Gasteiger partial charge in [-0.25, -0.2) is 4.79 Å². The minimum Gasteiger partial charge on any atom is -0.384 e. The van der Waals surface area contributed by atoms with Gasteiger partial charge in [-0.2, -0.15) is 0 Å². The van der Waals surface area contributed by atoms with Crippen molar-refractivity contribution in [3.8, 4) is 0 Å². The number of carbonyl (C=O) groups excluding carboxylic acids is 2. The molecule has 0 aliphatic rings. The lowest BCUT2D eigenvalue weighted by Crippen LogP contribution is -2.22. The van der Waals surface area contributed by atoms with Crippen molar-refractivity contribution in [2.24, 2.45) is 16.6 Å². The fourth-order valence-electron chi connectivity index (χ4n) is 1.05. The lowest BCUT2D eigenvalue weighted by atomic mass is 10.2. The van der Waals surface area contributed by atoms with Crippen molar-refractivity contribution in [1.29, 1.82) is 0 Å². The van der Waals surface area contributed by atoms with Crippen molar-refractivity contribution in [2.45, 2.75) is 13.3 Å². The van der Waals surface area contributed by atoms with Crippen LogP contribution in [0.3, 0.4) is 0 Å². The molecule has 0 bridgehead atoms. The van der Waals surface area contributed by atoms with E-state index in [4.69, 9.17) is 11.5 Å². The second kappa shape index (κ2) is 5.64. The molecule has 6 nitrogen and oxygen atoms in total. The van der Waals surface area contributed by atoms with E-state index in [1.807, 2.05) is 6.92 Å². The molecule has 0 heterocycles. The van der Waals surface area contributed by atoms with Gasteiger partial charge in [0.1, 0.15) is 5.84 Å². The normalized spacial score (nSPS) is 11.0. The van der Waals surface area contributed by atoms with Crippen LogP contribution in [-0.2, 0) is 9.63 Å². The molecule has 0 unspecified atom stereocenters. The summed E-state index contributed by atoms with van der Waals surface area (Å²) in [6.45, 7) is 1.90. The first-order valence-corrected chi connectivity index (χ1v) is 4.87. The van der Waals surface area contributed by atoms with Crippen molar-refractivity contribution in [1.82, 2.24) is 0 Å². The standard InChI is InChI=1S/C11H13N3O3/c1-7-2-4-8(5-3-7)11(16)17-14-9(12)6-10(13)15/h2-5H,6H2,1H3,(H2,12,14)(H2,13,15). The Bertz CT molecular complexity index is 452. The van der Waals surface area contributed by atoms with Crippen LogP contribution in [0.25, 0.3) is 0 Å². The number of nitrogens with zero attached hydrogens (tertiary/aromatic N) is 1. The Labute approximate surface area is 98.2 Å². The van der Waals surface area contributed by atoms with E-state index in [0.717, 1.165) is 5.56 Å². The second-order valence-electron chi connectivity index (χ2n) is 3.47. The quantitative estimate of drug-likeness (QED) is 0.338. The van der Waals surface area contributed by atoms with Gasteiger partial charge in [-0.1, -0.05) is 22.9 Å². The molecular formula is C11H13N3O3. The van der Waals surface area contributed by atoms with Crippen LogP contribution in [0.15, 0.2) is 29.4 Å². The highest BCUT2D eigenvalue weighted by atomic mass is 16.7. The second-order valence-corrected chi connectivity index (χ2v) is 3.47. The van der Waals surface area contributed by atoms with E-state index in [1.54, 1.807) is 24.3 Å². The first kappa shape index (κ1) is 12.7. The molecule has 0 aromatic heterocycles. The SMILES string of the molecule is Cc1ccc(C(=O)O/N=C(/N)CC(N)=O)cc1. The molecule has 0 spiro atoms. The third kappa shape index (κ3) is 4.33.